The summed E-state index contributed by atoms with van der Waals surface area (Å²) in [6, 6.07) is -5.03. The van der Waals surface area contributed by atoms with E-state index in [9.17, 15) is 63.6 Å². The number of nitrogens with zero attached hydrogens (tertiary/aromatic N) is 1. The molecule has 384 valence electrons. The lowest BCUT2D eigenvalue weighted by Crippen LogP contribution is -2.63. The molecule has 0 unspecified atom stereocenters. The number of H-pyrrole nitrogens is 1. The summed E-state index contributed by atoms with van der Waals surface area (Å²) in [5.41, 5.74) is 17.7. The van der Waals surface area contributed by atoms with Crippen molar-refractivity contribution in [2.75, 3.05) is 13.2 Å². The Balaban J connectivity index is 2.43. The number of aliphatic carboxylic acids is 2. The highest BCUT2D eigenvalue weighted by molar-refractivity contribution is 5.99. The van der Waals surface area contributed by atoms with Crippen LogP contribution >= 0.6 is 0 Å². The number of aliphatic imine (C=N–C) groups is 1. The van der Waals surface area contributed by atoms with Gasteiger partial charge in [0.25, 0.3) is 0 Å². The number of hydrogen-bond acceptors (Lipinski definition) is 13. The van der Waals surface area contributed by atoms with E-state index >= 15 is 0 Å². The van der Waals surface area contributed by atoms with Crippen LogP contribution in [-0.2, 0) is 49.6 Å². The van der Waals surface area contributed by atoms with Crippen LogP contribution in [0.25, 0.3) is 10.9 Å². The number of para-hydroxylation sites is 1. The van der Waals surface area contributed by atoms with Crippen LogP contribution < -0.4 is 54.4 Å². The number of rotatable bonds is 29. The first-order chi connectivity index (χ1) is 32.3. The summed E-state index contributed by atoms with van der Waals surface area (Å²) in [5.74, 6) is -11.7. The lowest BCUT2D eigenvalue weighted by atomic mass is 9.97. The van der Waals surface area contributed by atoms with E-state index in [0.717, 1.165) is 0 Å². The molecule has 1 aromatic carbocycles. The standard InChI is InChI=1S/C44H70N12O13/c1-8-22(6)34(55-38(63)30(19-57)53-42(67)35(23(7)58)56-39(64)32(45)20(2)3)41(66)52-29(17-31(59)60)36(61)51-28(16-24-18-49-26-13-10-9-12-25(24)26)37(62)54-33(21(4)5)40(65)50-27(43(68)69)14-11-15-48-44(46)47/h9-10,12-13,18,20-23,27-30,32-35,49,57-58H,8,11,14-17,19,45H2,1-7H3,(H,50,65)(H,51,61)(H,52,66)(H,53,67)(H,54,62)(H,55,63)(H,56,64)(H,59,60)(H,68,69)(H4,46,47,48)/t22-,23+,27-,28-,29-,30-,32-,33-,34-,35-/m0/s1. The van der Waals surface area contributed by atoms with E-state index in [4.69, 9.17) is 17.2 Å². The van der Waals surface area contributed by atoms with Gasteiger partial charge in [0.1, 0.15) is 42.3 Å². The summed E-state index contributed by atoms with van der Waals surface area (Å²) >= 11 is 0. The van der Waals surface area contributed by atoms with Gasteiger partial charge in [-0.05, 0) is 49.1 Å². The molecular formula is C44H70N12O13. The predicted octanol–water partition coefficient (Wildman–Crippen LogP) is -3.22. The largest absolute Gasteiger partial charge is 0.481 e. The van der Waals surface area contributed by atoms with Crippen LogP contribution in [-0.4, -0.2) is 152 Å². The number of nitrogens with one attached hydrogen (secondary N) is 8. The molecule has 0 saturated heterocycles. The fourth-order valence-electron chi connectivity index (χ4n) is 6.83. The maximum atomic E-state index is 14.2. The van der Waals surface area contributed by atoms with Gasteiger partial charge in [0, 0.05) is 30.1 Å². The highest BCUT2D eigenvalue weighted by Gasteiger charge is 2.37. The number of carboxylic acid groups (broad SMARTS) is 2. The molecule has 1 heterocycles. The smallest absolute Gasteiger partial charge is 0.326 e. The first kappa shape index (κ1) is 58.3. The van der Waals surface area contributed by atoms with E-state index in [1.165, 1.54) is 6.92 Å². The summed E-state index contributed by atoms with van der Waals surface area (Å²) in [6.45, 7) is 9.99. The molecule has 25 heteroatoms. The first-order valence-electron chi connectivity index (χ1n) is 22.5. The second-order valence-corrected chi connectivity index (χ2v) is 17.5. The summed E-state index contributed by atoms with van der Waals surface area (Å²) < 4.78 is 0. The molecule has 0 radical (unpaired) electrons. The van der Waals surface area contributed by atoms with Gasteiger partial charge in [-0.1, -0.05) is 66.2 Å². The van der Waals surface area contributed by atoms with Crippen molar-refractivity contribution < 1.29 is 63.6 Å². The number of carboxylic acids is 2. The third kappa shape index (κ3) is 18.3. The zero-order valence-corrected chi connectivity index (χ0v) is 39.9. The molecule has 0 saturated carbocycles. The molecule has 1 aromatic heterocycles. The molecule has 10 atom stereocenters. The Labute approximate surface area is 399 Å². The van der Waals surface area contributed by atoms with E-state index in [0.29, 0.717) is 16.5 Å². The fraction of sp³-hybridized carbons (Fsp3) is 0.591. The number of amides is 7. The number of fused-ring (bicyclic) bond motifs is 1. The minimum atomic E-state index is -1.88. The van der Waals surface area contributed by atoms with Crippen molar-refractivity contribution in [3.8, 4) is 0 Å². The molecule has 18 N–H and O–H groups in total. The Morgan fingerprint density at radius 2 is 1.19 bits per heavy atom. The number of aromatic nitrogens is 1. The Bertz CT molecular complexity index is 2140. The van der Waals surface area contributed by atoms with E-state index in [2.05, 4.69) is 47.2 Å². The quantitative estimate of drug-likeness (QED) is 0.0217. The molecule has 2 aromatic rings. The van der Waals surface area contributed by atoms with Crippen molar-refractivity contribution in [2.45, 2.75) is 135 Å². The van der Waals surface area contributed by atoms with Crippen LogP contribution in [0.5, 0.6) is 0 Å². The van der Waals surface area contributed by atoms with Crippen molar-refractivity contribution in [3.63, 3.8) is 0 Å². The van der Waals surface area contributed by atoms with Gasteiger partial charge in [-0.25, -0.2) is 4.79 Å². The molecule has 2 rings (SSSR count). The summed E-state index contributed by atoms with van der Waals surface area (Å²) in [7, 11) is 0. The van der Waals surface area contributed by atoms with Crippen LogP contribution in [0.2, 0.25) is 0 Å². The van der Waals surface area contributed by atoms with Crippen molar-refractivity contribution >= 4 is 70.2 Å². The maximum absolute atomic E-state index is 14.2. The topological polar surface area (TPSA) is 425 Å². The van der Waals surface area contributed by atoms with Crippen molar-refractivity contribution in [1.29, 1.82) is 0 Å². The van der Waals surface area contributed by atoms with Gasteiger partial charge >= 0.3 is 11.9 Å². The fourth-order valence-corrected chi connectivity index (χ4v) is 6.83. The number of carbonyl (C=O) groups is 9. The number of guanidine groups is 1. The van der Waals surface area contributed by atoms with E-state index in [1.807, 2.05) is 0 Å². The number of nitrogens with two attached hydrogens (primary N) is 3. The normalized spacial score (nSPS) is 15.7. The highest BCUT2D eigenvalue weighted by Crippen LogP contribution is 2.20. The van der Waals surface area contributed by atoms with Crippen molar-refractivity contribution in [3.05, 3.63) is 36.0 Å². The molecule has 0 aliphatic carbocycles. The van der Waals surface area contributed by atoms with Gasteiger partial charge in [-0.15, -0.1) is 0 Å². The minimum absolute atomic E-state index is 0.0629. The van der Waals surface area contributed by atoms with E-state index < -0.39 is 133 Å². The number of benzene rings is 1. The lowest BCUT2D eigenvalue weighted by molar-refractivity contribution is -0.142. The Morgan fingerprint density at radius 1 is 0.667 bits per heavy atom. The number of aromatic amines is 1. The Morgan fingerprint density at radius 3 is 1.74 bits per heavy atom. The Hall–Kier alpha value is -6.86. The average molecular weight is 975 g/mol. The molecule has 0 spiro atoms. The van der Waals surface area contributed by atoms with Crippen LogP contribution in [0, 0.1) is 17.8 Å². The SMILES string of the molecule is CC[C@H](C)[C@H](NC(=O)[C@H](CO)NC(=O)[C@@H](NC(=O)[C@@H](N)C(C)C)[C@@H](C)O)C(=O)N[C@@H](CC(=O)O)C(=O)N[C@@H](Cc1c[nH]c2ccccc12)C(=O)N[C@H](C(=O)N[C@@H](CCCN=C(N)N)C(=O)O)C(C)C. The highest BCUT2D eigenvalue weighted by atomic mass is 16.4. The van der Waals surface area contributed by atoms with Crippen LogP contribution in [0.15, 0.2) is 35.5 Å². The van der Waals surface area contributed by atoms with Gasteiger partial charge in [-0.3, -0.25) is 43.3 Å². The number of aliphatic hydroxyl groups excluding tert-OH is 2. The van der Waals surface area contributed by atoms with Gasteiger partial charge in [-0.2, -0.15) is 0 Å². The van der Waals surface area contributed by atoms with Crippen LogP contribution in [0.3, 0.4) is 0 Å². The van der Waals surface area contributed by atoms with Gasteiger partial charge in [0.2, 0.25) is 41.4 Å². The molecule has 0 bridgehead atoms. The molecular weight excluding hydrogens is 905 g/mol. The number of carbonyl (C=O) groups excluding carboxylic acids is 7. The molecule has 0 fully saturated rings. The second-order valence-electron chi connectivity index (χ2n) is 17.5. The van der Waals surface area contributed by atoms with E-state index in [-0.39, 0.29) is 44.1 Å². The average Bonchev–Trinajstić information content (AvgIpc) is 3.69. The minimum Gasteiger partial charge on any atom is -0.481 e. The third-order valence-electron chi connectivity index (χ3n) is 11.2. The van der Waals surface area contributed by atoms with Crippen LogP contribution in [0.4, 0.5) is 0 Å². The monoisotopic (exact) mass is 975 g/mol. The molecule has 69 heavy (non-hydrogen) atoms. The molecule has 0 aliphatic heterocycles. The molecule has 7 amide bonds. The van der Waals surface area contributed by atoms with E-state index in [1.54, 1.807) is 72.0 Å². The second kappa shape index (κ2) is 27.8. The first-order valence-corrected chi connectivity index (χ1v) is 22.5. The maximum Gasteiger partial charge on any atom is 0.326 e. The summed E-state index contributed by atoms with van der Waals surface area (Å²) in [5, 5.41) is 57.6. The molecule has 0 aliphatic rings. The van der Waals surface area contributed by atoms with Crippen molar-refractivity contribution in [1.82, 2.24) is 42.2 Å². The summed E-state index contributed by atoms with van der Waals surface area (Å²) in [6.07, 6.45) is -0.773. The van der Waals surface area contributed by atoms with Crippen LogP contribution in [0.1, 0.15) is 79.7 Å². The van der Waals surface area contributed by atoms with Crippen molar-refractivity contribution in [2.24, 2.45) is 39.9 Å². The number of aliphatic hydroxyl groups is 2. The zero-order valence-electron chi connectivity index (χ0n) is 39.9. The third-order valence-corrected chi connectivity index (χ3v) is 11.2. The zero-order chi connectivity index (χ0) is 52.3. The Kier molecular flexibility index (Phi) is 23.5. The van der Waals surface area contributed by atoms with Gasteiger partial charge in [0.15, 0.2) is 5.96 Å². The van der Waals surface area contributed by atoms with Gasteiger partial charge < -0.3 is 79.8 Å². The predicted molar refractivity (Wildman–Crippen MR) is 251 cm³/mol. The molecule has 25 nitrogen and oxygen atoms in total. The lowest BCUT2D eigenvalue weighted by Gasteiger charge is -2.29. The summed E-state index contributed by atoms with van der Waals surface area (Å²) in [4.78, 5) is 126. The van der Waals surface area contributed by atoms with Gasteiger partial charge in [0.05, 0.1) is 25.2 Å². The number of hydrogen-bond donors (Lipinski definition) is 15.